The van der Waals surface area contributed by atoms with Gasteiger partial charge in [-0.05, 0) is 20.8 Å². The van der Waals surface area contributed by atoms with Gasteiger partial charge < -0.3 is 9.47 Å². The fraction of sp³-hybridized carbons (Fsp3) is 0.533. The molecule has 108 valence electrons. The van der Waals surface area contributed by atoms with E-state index < -0.39 is 17.4 Å². The van der Waals surface area contributed by atoms with Crippen LogP contribution in [-0.2, 0) is 19.1 Å². The summed E-state index contributed by atoms with van der Waals surface area (Å²) in [7, 11) is 1.27. The molecular weight excluding hydrogens is 258 g/mol. The van der Waals surface area contributed by atoms with E-state index in [0.29, 0.717) is 0 Å². The van der Waals surface area contributed by atoms with E-state index in [1.807, 2.05) is 19.9 Å². The van der Waals surface area contributed by atoms with Gasteiger partial charge in [0.15, 0.2) is 5.41 Å². The molecule has 1 unspecified atom stereocenters. The second-order valence-corrected chi connectivity index (χ2v) is 4.88. The average Bonchev–Trinajstić information content (AvgIpc) is 3.02. The molecule has 0 bridgehead atoms. The third-order valence-electron chi connectivity index (χ3n) is 3.28. The van der Waals surface area contributed by atoms with Gasteiger partial charge in [-0.3, -0.25) is 4.79 Å². The summed E-state index contributed by atoms with van der Waals surface area (Å²) in [5.41, 5.74) is -0.217. The van der Waals surface area contributed by atoms with Gasteiger partial charge in [0, 0.05) is 17.9 Å². The van der Waals surface area contributed by atoms with E-state index in [2.05, 4.69) is 10.8 Å². The van der Waals surface area contributed by atoms with Gasteiger partial charge in [-0.25, -0.2) is 4.79 Å². The number of esters is 2. The van der Waals surface area contributed by atoms with Crippen molar-refractivity contribution in [2.24, 2.45) is 17.3 Å². The summed E-state index contributed by atoms with van der Waals surface area (Å²) in [6, 6.07) is 2.06. The van der Waals surface area contributed by atoms with Gasteiger partial charge in [-0.2, -0.15) is 5.26 Å². The van der Waals surface area contributed by atoms with Gasteiger partial charge in [0.25, 0.3) is 0 Å². The second-order valence-electron chi connectivity index (χ2n) is 4.88. The Labute approximate surface area is 118 Å². The van der Waals surface area contributed by atoms with Crippen molar-refractivity contribution < 1.29 is 19.1 Å². The first-order valence-corrected chi connectivity index (χ1v) is 6.43. The lowest BCUT2D eigenvalue weighted by Crippen LogP contribution is -2.20. The van der Waals surface area contributed by atoms with E-state index in [1.165, 1.54) is 13.2 Å². The van der Waals surface area contributed by atoms with Crippen molar-refractivity contribution in [3.05, 3.63) is 23.8 Å². The molecule has 1 rings (SSSR count). The molecule has 1 fully saturated rings. The van der Waals surface area contributed by atoms with Gasteiger partial charge in [-0.1, -0.05) is 17.7 Å². The highest BCUT2D eigenvalue weighted by molar-refractivity contribution is 5.87. The Kier molecular flexibility index (Phi) is 5.09. The number of carbonyl (C=O) groups is 2. The van der Waals surface area contributed by atoms with E-state index in [0.717, 1.165) is 5.57 Å². The maximum atomic E-state index is 12.1. The molecule has 0 aliphatic heterocycles. The van der Waals surface area contributed by atoms with Crippen LogP contribution < -0.4 is 0 Å². The van der Waals surface area contributed by atoms with Crippen LogP contribution in [0.1, 0.15) is 20.8 Å². The molecule has 0 aromatic rings. The molecule has 0 saturated heterocycles. The van der Waals surface area contributed by atoms with Gasteiger partial charge in [0.05, 0.1) is 19.8 Å². The fourth-order valence-electron chi connectivity index (χ4n) is 2.28. The van der Waals surface area contributed by atoms with Crippen LogP contribution in [0.2, 0.25) is 0 Å². The number of nitrogens with zero attached hydrogens (tertiary/aromatic N) is 1. The predicted molar refractivity (Wildman–Crippen MR) is 72.2 cm³/mol. The molecular formula is C15H19NO4. The van der Waals surface area contributed by atoms with Gasteiger partial charge in [0.2, 0.25) is 0 Å². The molecule has 0 aromatic carbocycles. The SMILES string of the molecule is CCOC(=O)C1(C#N)[C@@H](C=C(C)C)[C@@H]1/C=C/C(=O)OC. The molecule has 1 saturated carbocycles. The topological polar surface area (TPSA) is 76.4 Å². The third kappa shape index (κ3) is 2.90. The summed E-state index contributed by atoms with van der Waals surface area (Å²) >= 11 is 0. The minimum Gasteiger partial charge on any atom is -0.466 e. The van der Waals surface area contributed by atoms with Crippen molar-refractivity contribution in [2.45, 2.75) is 20.8 Å². The van der Waals surface area contributed by atoms with Gasteiger partial charge >= 0.3 is 11.9 Å². The standard InChI is InChI=1S/C15H19NO4/c1-5-20-14(18)15(9-16)11(6-7-13(17)19-4)12(15)8-10(2)3/h6-8,11-12H,5H2,1-4H3/b7-6+/t11-,12-,15?/m0/s1. The van der Waals surface area contributed by atoms with Crippen LogP contribution in [0.5, 0.6) is 0 Å². The first-order chi connectivity index (χ1) is 9.43. The maximum Gasteiger partial charge on any atom is 0.330 e. The predicted octanol–water partition coefficient (Wildman–Crippen LogP) is 2.00. The number of methoxy groups -OCH3 is 1. The fourth-order valence-corrected chi connectivity index (χ4v) is 2.28. The Morgan fingerprint density at radius 1 is 1.35 bits per heavy atom. The van der Waals surface area contributed by atoms with Crippen LogP contribution in [0.25, 0.3) is 0 Å². The first kappa shape index (κ1) is 16.0. The van der Waals surface area contributed by atoms with Crippen LogP contribution in [0.15, 0.2) is 23.8 Å². The minimum atomic E-state index is -1.22. The molecule has 1 aliphatic rings. The third-order valence-corrected chi connectivity index (χ3v) is 3.28. The largest absolute Gasteiger partial charge is 0.466 e. The van der Waals surface area contributed by atoms with E-state index in [9.17, 15) is 14.9 Å². The normalized spacial score (nSPS) is 27.6. The molecule has 1 aliphatic carbocycles. The van der Waals surface area contributed by atoms with Crippen LogP contribution in [0.4, 0.5) is 0 Å². The van der Waals surface area contributed by atoms with Gasteiger partial charge in [-0.15, -0.1) is 0 Å². The summed E-state index contributed by atoms with van der Waals surface area (Å²) in [6.45, 7) is 5.71. The molecule has 0 radical (unpaired) electrons. The van der Waals surface area contributed by atoms with Crippen molar-refractivity contribution in [1.82, 2.24) is 0 Å². The first-order valence-electron chi connectivity index (χ1n) is 6.43. The lowest BCUT2D eigenvalue weighted by Gasteiger charge is -2.06. The Morgan fingerprint density at radius 2 is 2.00 bits per heavy atom. The number of nitriles is 1. The van der Waals surface area contributed by atoms with Crippen LogP contribution in [-0.4, -0.2) is 25.7 Å². The zero-order valence-corrected chi connectivity index (χ0v) is 12.2. The van der Waals surface area contributed by atoms with Crippen LogP contribution in [0.3, 0.4) is 0 Å². The molecule has 0 heterocycles. The highest BCUT2D eigenvalue weighted by atomic mass is 16.5. The smallest absolute Gasteiger partial charge is 0.330 e. The number of allylic oxidation sites excluding steroid dienone is 3. The van der Waals surface area contributed by atoms with E-state index >= 15 is 0 Å². The zero-order valence-electron chi connectivity index (χ0n) is 12.2. The quantitative estimate of drug-likeness (QED) is 0.436. The Hall–Kier alpha value is -2.09. The lowest BCUT2D eigenvalue weighted by atomic mass is 10.0. The molecule has 0 N–H and O–H groups in total. The van der Waals surface area contributed by atoms with Crippen molar-refractivity contribution in [2.75, 3.05) is 13.7 Å². The van der Waals surface area contributed by atoms with Gasteiger partial charge in [0.1, 0.15) is 0 Å². The van der Waals surface area contributed by atoms with E-state index in [4.69, 9.17) is 4.74 Å². The number of carbonyl (C=O) groups excluding carboxylic acids is 2. The molecule has 0 amide bonds. The van der Waals surface area contributed by atoms with E-state index in [-0.39, 0.29) is 18.4 Å². The van der Waals surface area contributed by atoms with Crippen molar-refractivity contribution in [3.8, 4) is 6.07 Å². The van der Waals surface area contributed by atoms with Crippen molar-refractivity contribution >= 4 is 11.9 Å². The highest BCUT2D eigenvalue weighted by Gasteiger charge is 2.69. The number of hydrogen-bond acceptors (Lipinski definition) is 5. The molecule has 5 nitrogen and oxygen atoms in total. The molecule has 20 heavy (non-hydrogen) atoms. The van der Waals surface area contributed by atoms with Crippen molar-refractivity contribution in [3.63, 3.8) is 0 Å². The summed E-state index contributed by atoms with van der Waals surface area (Å²) in [6.07, 6.45) is 4.66. The van der Waals surface area contributed by atoms with Crippen molar-refractivity contribution in [1.29, 1.82) is 5.26 Å². The average molecular weight is 277 g/mol. The van der Waals surface area contributed by atoms with E-state index in [1.54, 1.807) is 13.0 Å². The summed E-state index contributed by atoms with van der Waals surface area (Å²) in [5.74, 6) is -1.67. The minimum absolute atomic E-state index is 0.219. The Morgan fingerprint density at radius 3 is 2.45 bits per heavy atom. The monoisotopic (exact) mass is 277 g/mol. The molecule has 0 spiro atoms. The summed E-state index contributed by atoms with van der Waals surface area (Å²) in [5, 5.41) is 9.40. The Balaban J connectivity index is 3.04. The molecule has 0 aromatic heterocycles. The Bertz CT molecular complexity index is 496. The molecule has 5 heteroatoms. The van der Waals surface area contributed by atoms with Crippen LogP contribution >= 0.6 is 0 Å². The number of rotatable bonds is 5. The highest BCUT2D eigenvalue weighted by Crippen LogP contribution is 2.61. The van der Waals surface area contributed by atoms with Crippen LogP contribution in [0, 0.1) is 28.6 Å². The molecule has 3 atom stereocenters. The zero-order chi connectivity index (χ0) is 15.3. The summed E-state index contributed by atoms with van der Waals surface area (Å²) < 4.78 is 9.51. The number of ether oxygens (including phenoxy) is 2. The second kappa shape index (κ2) is 6.38. The number of hydrogen-bond donors (Lipinski definition) is 0. The summed E-state index contributed by atoms with van der Waals surface area (Å²) in [4.78, 5) is 23.2. The lowest BCUT2D eigenvalue weighted by molar-refractivity contribution is -0.148. The maximum absolute atomic E-state index is 12.1.